The van der Waals surface area contributed by atoms with Crippen LogP contribution in [-0.2, 0) is 23.7 Å². The summed E-state index contributed by atoms with van der Waals surface area (Å²) in [5.74, 6) is 0. The SMILES string of the molecule is O=P(O)(O)Cc1ccccc1-[n+]1ccc(-c2cc[n+](CCCc3ccccc3)cc2)cc1.[Cl-].[Cl-]. The highest BCUT2D eigenvalue weighted by Gasteiger charge is 2.20. The molecule has 34 heavy (non-hydrogen) atoms. The largest absolute Gasteiger partial charge is 1.00 e. The van der Waals surface area contributed by atoms with Gasteiger partial charge in [-0.3, -0.25) is 4.57 Å². The molecule has 0 saturated carbocycles. The second-order valence-electron chi connectivity index (χ2n) is 7.86. The number of benzene rings is 2. The molecule has 0 saturated heterocycles. The molecule has 0 bridgehead atoms. The van der Waals surface area contributed by atoms with E-state index >= 15 is 0 Å². The van der Waals surface area contributed by atoms with Crippen molar-refractivity contribution in [1.82, 2.24) is 0 Å². The molecule has 0 spiro atoms. The second-order valence-corrected chi connectivity index (χ2v) is 9.50. The van der Waals surface area contributed by atoms with Crippen LogP contribution in [-0.4, -0.2) is 9.79 Å². The summed E-state index contributed by atoms with van der Waals surface area (Å²) in [5, 5.41) is 0. The summed E-state index contributed by atoms with van der Waals surface area (Å²) in [4.78, 5) is 18.7. The highest BCUT2D eigenvalue weighted by atomic mass is 35.5. The van der Waals surface area contributed by atoms with Gasteiger partial charge in [-0.2, -0.15) is 4.57 Å². The fraction of sp³-hybridized carbons (Fsp3) is 0.154. The van der Waals surface area contributed by atoms with Crippen LogP contribution in [0.25, 0.3) is 16.8 Å². The van der Waals surface area contributed by atoms with Crippen LogP contribution in [0.1, 0.15) is 17.5 Å². The number of aryl methyl sites for hydroxylation is 2. The molecule has 4 aromatic rings. The van der Waals surface area contributed by atoms with Crippen molar-refractivity contribution in [2.45, 2.75) is 25.5 Å². The Balaban J connectivity index is 0.00000204. The van der Waals surface area contributed by atoms with Gasteiger partial charge >= 0.3 is 7.60 Å². The molecule has 0 aliphatic carbocycles. The monoisotopic (exact) mass is 516 g/mol. The first kappa shape index (κ1) is 27.7. The third-order valence-electron chi connectivity index (χ3n) is 5.42. The molecule has 0 aliphatic rings. The van der Waals surface area contributed by atoms with Crippen LogP contribution in [0.3, 0.4) is 0 Å². The van der Waals surface area contributed by atoms with E-state index in [1.54, 1.807) is 12.1 Å². The van der Waals surface area contributed by atoms with Gasteiger partial charge in [-0.15, -0.1) is 0 Å². The van der Waals surface area contributed by atoms with Crippen LogP contribution in [0.4, 0.5) is 0 Å². The van der Waals surface area contributed by atoms with E-state index in [2.05, 4.69) is 53.4 Å². The molecule has 8 heteroatoms. The van der Waals surface area contributed by atoms with E-state index in [1.165, 1.54) is 5.56 Å². The molecule has 178 valence electrons. The standard InChI is InChI=1S/C26H25N2O3P.2ClH/c29-32(30,31)21-25-10-4-5-11-26(25)28-19-14-24(15-20-28)23-12-17-27(18-13-23)16-6-9-22-7-2-1-3-8-22;;/h1-5,7-8,10-15,17-20H,6,9,16,21H2;2*1H. The van der Waals surface area contributed by atoms with Gasteiger partial charge in [-0.25, -0.2) is 4.57 Å². The van der Waals surface area contributed by atoms with Crippen LogP contribution in [0.5, 0.6) is 0 Å². The van der Waals surface area contributed by atoms with Gasteiger partial charge in [0, 0.05) is 42.3 Å². The maximum atomic E-state index is 11.5. The topological polar surface area (TPSA) is 65.3 Å². The lowest BCUT2D eigenvalue weighted by molar-refractivity contribution is -0.697. The Bertz CT molecular complexity index is 1220. The van der Waals surface area contributed by atoms with Gasteiger partial charge in [-0.05, 0) is 23.1 Å². The first-order valence-corrected chi connectivity index (χ1v) is 12.5. The molecule has 0 atom stereocenters. The summed E-state index contributed by atoms with van der Waals surface area (Å²) in [7, 11) is -4.14. The van der Waals surface area contributed by atoms with E-state index in [1.807, 2.05) is 47.3 Å². The van der Waals surface area contributed by atoms with Gasteiger partial charge in [-0.1, -0.05) is 48.5 Å². The summed E-state index contributed by atoms with van der Waals surface area (Å²) in [6.07, 6.45) is 9.95. The first-order chi connectivity index (χ1) is 15.5. The van der Waals surface area contributed by atoms with Crippen LogP contribution in [0, 0.1) is 0 Å². The number of hydrogen-bond acceptors (Lipinski definition) is 1. The van der Waals surface area contributed by atoms with Gasteiger partial charge in [0.1, 0.15) is 6.54 Å². The lowest BCUT2D eigenvalue weighted by atomic mass is 10.1. The minimum atomic E-state index is -4.14. The average molecular weight is 517 g/mol. The quantitative estimate of drug-likeness (QED) is 0.215. The number of aromatic nitrogens is 2. The number of halogens is 2. The number of hydrogen-bond donors (Lipinski definition) is 2. The molecule has 5 nitrogen and oxygen atoms in total. The first-order valence-electron chi connectivity index (χ1n) is 10.7. The molecule has 0 amide bonds. The molecule has 0 radical (unpaired) electrons. The maximum Gasteiger partial charge on any atom is 0.330 e. The van der Waals surface area contributed by atoms with Gasteiger partial charge in [0.15, 0.2) is 24.8 Å². The molecule has 4 rings (SSSR count). The fourth-order valence-electron chi connectivity index (χ4n) is 3.81. The third kappa shape index (κ3) is 7.76. The zero-order valence-corrected chi connectivity index (χ0v) is 20.9. The summed E-state index contributed by atoms with van der Waals surface area (Å²) < 4.78 is 15.6. The normalized spacial score (nSPS) is 10.8. The zero-order valence-electron chi connectivity index (χ0n) is 18.5. The van der Waals surface area contributed by atoms with Gasteiger partial charge in [0.25, 0.3) is 0 Å². The third-order valence-corrected chi connectivity index (χ3v) is 6.18. The van der Waals surface area contributed by atoms with Crippen LogP contribution < -0.4 is 33.9 Å². The van der Waals surface area contributed by atoms with Gasteiger partial charge < -0.3 is 34.6 Å². The van der Waals surface area contributed by atoms with Crippen molar-refractivity contribution < 1.29 is 48.3 Å². The molecule has 0 aliphatic heterocycles. The Labute approximate surface area is 212 Å². The predicted octanol–water partition coefficient (Wildman–Crippen LogP) is -1.76. The summed E-state index contributed by atoms with van der Waals surface area (Å²) in [6.45, 7) is 0.973. The van der Waals surface area contributed by atoms with Crippen molar-refractivity contribution in [2.24, 2.45) is 0 Å². The fourth-order valence-corrected chi connectivity index (χ4v) is 4.52. The average Bonchev–Trinajstić information content (AvgIpc) is 2.80. The van der Waals surface area contributed by atoms with Crippen LogP contribution in [0.2, 0.25) is 0 Å². The van der Waals surface area contributed by atoms with Gasteiger partial charge in [0.05, 0.1) is 6.16 Å². The number of para-hydroxylation sites is 1. The van der Waals surface area contributed by atoms with E-state index < -0.39 is 7.60 Å². The zero-order chi connectivity index (χ0) is 22.4. The van der Waals surface area contributed by atoms with Crippen molar-refractivity contribution in [3.05, 3.63) is 115 Å². The van der Waals surface area contributed by atoms with Crippen molar-refractivity contribution in [2.75, 3.05) is 0 Å². The van der Waals surface area contributed by atoms with Crippen molar-refractivity contribution in [3.63, 3.8) is 0 Å². The predicted molar refractivity (Wildman–Crippen MR) is 124 cm³/mol. The smallest absolute Gasteiger partial charge is 0.330 e. The Morgan fingerprint density at radius 3 is 1.88 bits per heavy atom. The molecule has 0 unspecified atom stereocenters. The second kappa shape index (κ2) is 12.8. The van der Waals surface area contributed by atoms with E-state index in [-0.39, 0.29) is 31.0 Å². The van der Waals surface area contributed by atoms with E-state index in [4.69, 9.17) is 0 Å². The Morgan fingerprint density at radius 2 is 1.26 bits per heavy atom. The number of nitrogens with zero attached hydrogens (tertiary/aromatic N) is 2. The van der Waals surface area contributed by atoms with Crippen LogP contribution in [0.15, 0.2) is 104 Å². The molecular weight excluding hydrogens is 490 g/mol. The summed E-state index contributed by atoms with van der Waals surface area (Å²) in [6, 6.07) is 26.1. The minimum Gasteiger partial charge on any atom is -1.00 e. The maximum absolute atomic E-state index is 11.5. The van der Waals surface area contributed by atoms with Crippen LogP contribution >= 0.6 is 7.60 Å². The Morgan fingerprint density at radius 1 is 0.706 bits per heavy atom. The molecule has 2 heterocycles. The molecule has 2 N–H and O–H groups in total. The Hall–Kier alpha value is -2.53. The van der Waals surface area contributed by atoms with Crippen molar-refractivity contribution in [3.8, 4) is 16.8 Å². The van der Waals surface area contributed by atoms with Gasteiger partial charge in [0.2, 0.25) is 5.69 Å². The van der Waals surface area contributed by atoms with Crippen molar-refractivity contribution >= 4 is 7.60 Å². The van der Waals surface area contributed by atoms with Crippen molar-refractivity contribution in [1.29, 1.82) is 0 Å². The summed E-state index contributed by atoms with van der Waals surface area (Å²) >= 11 is 0. The molecule has 0 fully saturated rings. The minimum absolute atomic E-state index is 0. The molecular formula is C26H27Cl2N2O3P. The van der Waals surface area contributed by atoms with E-state index in [0.29, 0.717) is 5.56 Å². The number of pyridine rings is 2. The van der Waals surface area contributed by atoms with E-state index in [9.17, 15) is 14.4 Å². The van der Waals surface area contributed by atoms with E-state index in [0.717, 1.165) is 36.2 Å². The Kier molecular flexibility index (Phi) is 10.4. The highest BCUT2D eigenvalue weighted by Crippen LogP contribution is 2.39. The number of rotatable bonds is 8. The lowest BCUT2D eigenvalue weighted by Crippen LogP contribution is -3.00. The molecule has 2 aromatic carbocycles. The molecule has 2 aromatic heterocycles. The summed E-state index contributed by atoms with van der Waals surface area (Å²) in [5.41, 5.74) is 4.97. The lowest BCUT2D eigenvalue weighted by Gasteiger charge is -2.07. The highest BCUT2D eigenvalue weighted by molar-refractivity contribution is 7.50.